The molecule has 1 heterocycles. The standard InChI is InChI=1S/C44H50N4/c1-28-17-33-18-29(2)22-43(21-28,25-33)38-13-9-36(10-14-38)41-46-40(35-7-5-32(27-45)6-8-35)47-42(48-41)37-11-15-39(16-12-37)44-23-30(3)19-34(26-44)20-31(4)24-44/h5-16,28-31,33-34H,17-26H2,1-4H3/t28-,29+,30-,31+,33-,34-,43?,44?. The van der Waals surface area contributed by atoms with Crippen LogP contribution < -0.4 is 0 Å². The third kappa shape index (κ3) is 5.89. The van der Waals surface area contributed by atoms with Gasteiger partial charge in [-0.1, -0.05) is 76.2 Å². The maximum absolute atomic E-state index is 9.39. The van der Waals surface area contributed by atoms with Crippen LogP contribution in [0.4, 0.5) is 0 Å². The summed E-state index contributed by atoms with van der Waals surface area (Å²) in [4.78, 5) is 15.2. The number of nitriles is 1. The van der Waals surface area contributed by atoms with Crippen LogP contribution in [-0.2, 0) is 10.8 Å². The molecule has 0 amide bonds. The van der Waals surface area contributed by atoms with E-state index in [9.17, 15) is 5.26 Å². The van der Waals surface area contributed by atoms with Gasteiger partial charge >= 0.3 is 0 Å². The third-order valence-corrected chi connectivity index (χ3v) is 12.7. The lowest BCUT2D eigenvalue weighted by molar-refractivity contribution is 0.0779. The lowest BCUT2D eigenvalue weighted by Crippen LogP contribution is -2.42. The van der Waals surface area contributed by atoms with Crippen molar-refractivity contribution >= 4 is 0 Å². The Morgan fingerprint density at radius 2 is 0.792 bits per heavy atom. The third-order valence-electron chi connectivity index (χ3n) is 12.7. The SMILES string of the molecule is C[C@@H]1C[C@@H]2C[C@H](C)CC(c3ccc(-c4nc(-c5ccc(C#N)cc5)nc(-c5ccc(C67C[C@H](C)C[C@H](C[C@H](C)C6)C7)cc5)n4)cc3)(C1)C2. The lowest BCUT2D eigenvalue weighted by atomic mass is 9.54. The quantitative estimate of drug-likeness (QED) is 0.219. The van der Waals surface area contributed by atoms with Crippen molar-refractivity contribution < 1.29 is 0 Å². The summed E-state index contributed by atoms with van der Waals surface area (Å²) in [6, 6.07) is 28.2. The van der Waals surface area contributed by atoms with Crippen molar-refractivity contribution in [2.45, 2.75) is 103 Å². The number of hydrogen-bond donors (Lipinski definition) is 0. The molecule has 4 aliphatic carbocycles. The largest absolute Gasteiger partial charge is 0.208 e. The highest BCUT2D eigenvalue weighted by molar-refractivity contribution is 5.67. The maximum atomic E-state index is 9.39. The highest BCUT2D eigenvalue weighted by Gasteiger charge is 2.46. The predicted octanol–water partition coefficient (Wildman–Crippen LogP) is 11.0. The van der Waals surface area contributed by atoms with Crippen molar-refractivity contribution in [1.29, 1.82) is 5.26 Å². The average Bonchev–Trinajstić information content (AvgIpc) is 3.07. The zero-order valence-corrected chi connectivity index (χ0v) is 29.3. The van der Waals surface area contributed by atoms with Crippen molar-refractivity contribution in [3.05, 3.63) is 89.5 Å². The summed E-state index contributed by atoms with van der Waals surface area (Å²) >= 11 is 0. The summed E-state index contributed by atoms with van der Waals surface area (Å²) < 4.78 is 0. The summed E-state index contributed by atoms with van der Waals surface area (Å²) in [7, 11) is 0. The van der Waals surface area contributed by atoms with E-state index in [0.717, 1.165) is 52.2 Å². The fraction of sp³-hybridized carbons (Fsp3) is 0.500. The van der Waals surface area contributed by atoms with Crippen LogP contribution in [-0.4, -0.2) is 15.0 Å². The zero-order valence-electron chi connectivity index (χ0n) is 29.3. The number of aromatic nitrogens is 3. The fourth-order valence-corrected chi connectivity index (χ4v) is 11.5. The molecule has 2 unspecified atom stereocenters. The molecule has 0 saturated heterocycles. The molecule has 246 valence electrons. The molecule has 0 N–H and O–H groups in total. The first-order valence-electron chi connectivity index (χ1n) is 18.7. The molecule has 4 aromatic rings. The highest BCUT2D eigenvalue weighted by Crippen LogP contribution is 2.55. The number of benzene rings is 3. The molecule has 4 saturated carbocycles. The number of fused-ring (bicyclic) bond motifs is 4. The van der Waals surface area contributed by atoms with E-state index in [1.54, 1.807) is 0 Å². The maximum Gasteiger partial charge on any atom is 0.164 e. The minimum atomic E-state index is 0.296. The molecule has 0 radical (unpaired) electrons. The first-order valence-corrected chi connectivity index (χ1v) is 18.7. The molecule has 4 bridgehead atoms. The number of hydrogen-bond acceptors (Lipinski definition) is 4. The van der Waals surface area contributed by atoms with Crippen molar-refractivity contribution in [2.24, 2.45) is 35.5 Å². The summed E-state index contributed by atoms with van der Waals surface area (Å²) in [5.41, 5.74) is 7.13. The van der Waals surface area contributed by atoms with Crippen molar-refractivity contribution in [1.82, 2.24) is 15.0 Å². The Bertz CT molecular complexity index is 1670. The fourth-order valence-electron chi connectivity index (χ4n) is 11.5. The Morgan fingerprint density at radius 1 is 0.479 bits per heavy atom. The van der Waals surface area contributed by atoms with Crippen LogP contribution in [0.5, 0.6) is 0 Å². The van der Waals surface area contributed by atoms with Gasteiger partial charge in [0.1, 0.15) is 0 Å². The van der Waals surface area contributed by atoms with E-state index in [4.69, 9.17) is 15.0 Å². The second kappa shape index (κ2) is 12.2. The summed E-state index contributed by atoms with van der Waals surface area (Å²) in [5.74, 6) is 6.88. The Hall–Kier alpha value is -3.84. The zero-order chi connectivity index (χ0) is 33.0. The van der Waals surface area contributed by atoms with E-state index < -0.39 is 0 Å². The second-order valence-electron chi connectivity index (χ2n) is 17.0. The molecular weight excluding hydrogens is 585 g/mol. The molecule has 48 heavy (non-hydrogen) atoms. The normalized spacial score (nSPS) is 32.7. The topological polar surface area (TPSA) is 62.5 Å². The van der Waals surface area contributed by atoms with Gasteiger partial charge in [0.25, 0.3) is 0 Å². The van der Waals surface area contributed by atoms with Crippen molar-refractivity contribution in [3.8, 4) is 40.2 Å². The van der Waals surface area contributed by atoms with E-state index >= 15 is 0 Å². The van der Waals surface area contributed by atoms with Gasteiger partial charge in [0.05, 0.1) is 11.6 Å². The van der Waals surface area contributed by atoms with Crippen LogP contribution in [0, 0.1) is 46.8 Å². The minimum Gasteiger partial charge on any atom is -0.208 e. The van der Waals surface area contributed by atoms with Crippen LogP contribution >= 0.6 is 0 Å². The average molecular weight is 635 g/mol. The molecular formula is C44H50N4. The molecule has 4 nitrogen and oxygen atoms in total. The van der Waals surface area contributed by atoms with Crippen molar-refractivity contribution in [2.75, 3.05) is 0 Å². The Kier molecular flexibility index (Phi) is 8.02. The second-order valence-corrected chi connectivity index (χ2v) is 17.0. The van der Waals surface area contributed by atoms with Gasteiger partial charge in [-0.25, -0.2) is 15.0 Å². The van der Waals surface area contributed by atoms with Gasteiger partial charge in [-0.15, -0.1) is 0 Å². The van der Waals surface area contributed by atoms with Gasteiger partial charge in [0.15, 0.2) is 17.5 Å². The number of nitrogens with zero attached hydrogens (tertiary/aromatic N) is 4. The van der Waals surface area contributed by atoms with Crippen LogP contribution in [0.1, 0.15) is 109 Å². The summed E-state index contributed by atoms with van der Waals surface area (Å²) in [6.45, 7) is 9.82. The first kappa shape index (κ1) is 31.4. The molecule has 4 heteroatoms. The van der Waals surface area contributed by atoms with E-state index in [-0.39, 0.29) is 0 Å². The van der Waals surface area contributed by atoms with Gasteiger partial charge in [0.2, 0.25) is 0 Å². The molecule has 0 spiro atoms. The molecule has 4 fully saturated rings. The molecule has 1 aromatic heterocycles. The Labute approximate surface area is 287 Å². The van der Waals surface area contributed by atoms with Gasteiger partial charge in [-0.2, -0.15) is 5.26 Å². The molecule has 4 aliphatic rings. The van der Waals surface area contributed by atoms with Gasteiger partial charge in [-0.05, 0) is 146 Å². The monoisotopic (exact) mass is 634 g/mol. The molecule has 3 aromatic carbocycles. The van der Waals surface area contributed by atoms with Gasteiger partial charge in [0, 0.05) is 16.7 Å². The van der Waals surface area contributed by atoms with Crippen molar-refractivity contribution in [3.63, 3.8) is 0 Å². The molecule has 0 aliphatic heterocycles. The molecule has 8 atom stereocenters. The molecule has 8 rings (SSSR count). The Morgan fingerprint density at radius 3 is 1.10 bits per heavy atom. The van der Waals surface area contributed by atoms with Crippen LogP contribution in [0.15, 0.2) is 72.8 Å². The van der Waals surface area contributed by atoms with E-state index in [1.165, 1.54) is 75.3 Å². The van der Waals surface area contributed by atoms with E-state index in [0.29, 0.717) is 33.9 Å². The first-order chi connectivity index (χ1) is 23.2. The predicted molar refractivity (Wildman–Crippen MR) is 194 cm³/mol. The van der Waals surface area contributed by atoms with E-state index in [1.807, 2.05) is 24.3 Å². The number of rotatable bonds is 5. The highest BCUT2D eigenvalue weighted by atomic mass is 15.0. The van der Waals surface area contributed by atoms with Crippen LogP contribution in [0.3, 0.4) is 0 Å². The summed E-state index contributed by atoms with van der Waals surface area (Å²) in [5, 5.41) is 9.39. The van der Waals surface area contributed by atoms with Gasteiger partial charge in [-0.3, -0.25) is 0 Å². The minimum absolute atomic E-state index is 0.296. The van der Waals surface area contributed by atoms with Crippen LogP contribution in [0.25, 0.3) is 34.2 Å². The summed E-state index contributed by atoms with van der Waals surface area (Å²) in [6.07, 6.45) is 13.4. The van der Waals surface area contributed by atoms with Gasteiger partial charge < -0.3 is 0 Å². The lowest BCUT2D eigenvalue weighted by Gasteiger charge is -2.50. The smallest absolute Gasteiger partial charge is 0.164 e. The van der Waals surface area contributed by atoms with E-state index in [2.05, 4.69) is 82.3 Å². The van der Waals surface area contributed by atoms with Crippen LogP contribution in [0.2, 0.25) is 0 Å². The Balaban J connectivity index is 1.15.